The van der Waals surface area contributed by atoms with Crippen LogP contribution < -0.4 is 20.1 Å². The number of urea groups is 1. The molecule has 0 saturated heterocycles. The molecule has 2 amide bonds. The Bertz CT molecular complexity index is 1300. The summed E-state index contributed by atoms with van der Waals surface area (Å²) < 4.78 is 48.1. The van der Waals surface area contributed by atoms with Crippen LogP contribution in [0.4, 0.5) is 23.7 Å². The fourth-order valence-corrected chi connectivity index (χ4v) is 3.65. The zero-order valence-corrected chi connectivity index (χ0v) is 19.7. The fraction of sp³-hybridized carbons (Fsp3) is 0.143. The van der Waals surface area contributed by atoms with E-state index in [2.05, 4.69) is 20.4 Å². The Balaban J connectivity index is 1.34. The molecule has 0 saturated carbocycles. The average molecular weight is 508 g/mol. The zero-order valence-electron chi connectivity index (χ0n) is 19.7. The number of aromatic nitrogens is 1. The number of halogens is 3. The molecule has 0 radical (unpaired) electrons. The van der Waals surface area contributed by atoms with E-state index in [1.54, 1.807) is 48.8 Å². The molecule has 0 aliphatic carbocycles. The lowest BCUT2D eigenvalue weighted by atomic mass is 9.97. The summed E-state index contributed by atoms with van der Waals surface area (Å²) in [6.07, 6.45) is -1.08. The van der Waals surface area contributed by atoms with Crippen molar-refractivity contribution in [1.29, 1.82) is 0 Å². The molecular formula is C28H24F3N3O3. The third kappa shape index (κ3) is 7.99. The highest BCUT2D eigenvalue weighted by atomic mass is 19.4. The Morgan fingerprint density at radius 1 is 0.892 bits per heavy atom. The Morgan fingerprint density at radius 3 is 2.35 bits per heavy atom. The largest absolute Gasteiger partial charge is 0.573 e. The van der Waals surface area contributed by atoms with Gasteiger partial charge in [0.05, 0.1) is 6.61 Å². The van der Waals surface area contributed by atoms with Crippen LogP contribution in [0.25, 0.3) is 11.1 Å². The minimum Gasteiger partial charge on any atom is -0.493 e. The number of carbonyl (C=O) groups excluding carboxylic acids is 1. The Kier molecular flexibility index (Phi) is 8.25. The summed E-state index contributed by atoms with van der Waals surface area (Å²) in [6, 6.07) is 23.8. The molecule has 0 bridgehead atoms. The number of amides is 2. The van der Waals surface area contributed by atoms with E-state index >= 15 is 0 Å². The number of rotatable bonds is 9. The number of alkyl halides is 3. The summed E-state index contributed by atoms with van der Waals surface area (Å²) >= 11 is 0. The molecule has 0 atom stereocenters. The second-order valence-electron chi connectivity index (χ2n) is 8.02. The Labute approximate surface area is 212 Å². The highest BCUT2D eigenvalue weighted by Gasteiger charge is 2.31. The third-order valence-electron chi connectivity index (χ3n) is 5.32. The second-order valence-corrected chi connectivity index (χ2v) is 8.02. The van der Waals surface area contributed by atoms with Crippen LogP contribution in [-0.4, -0.2) is 24.0 Å². The highest BCUT2D eigenvalue weighted by Crippen LogP contribution is 2.31. The number of hydrogen-bond donors (Lipinski definition) is 2. The van der Waals surface area contributed by atoms with Gasteiger partial charge >= 0.3 is 12.4 Å². The van der Waals surface area contributed by atoms with Gasteiger partial charge in [0.1, 0.15) is 11.5 Å². The number of benzene rings is 3. The van der Waals surface area contributed by atoms with Crippen molar-refractivity contribution in [2.75, 3.05) is 11.9 Å². The van der Waals surface area contributed by atoms with Crippen LogP contribution in [0.15, 0.2) is 97.3 Å². The van der Waals surface area contributed by atoms with Crippen LogP contribution >= 0.6 is 0 Å². The van der Waals surface area contributed by atoms with Gasteiger partial charge in [0.2, 0.25) is 0 Å². The first-order valence-corrected chi connectivity index (χ1v) is 11.5. The average Bonchev–Trinajstić information content (AvgIpc) is 2.89. The predicted octanol–water partition coefficient (Wildman–Crippen LogP) is 6.59. The predicted molar refractivity (Wildman–Crippen MR) is 134 cm³/mol. The van der Waals surface area contributed by atoms with Gasteiger partial charge in [-0.1, -0.05) is 42.5 Å². The first-order chi connectivity index (χ1) is 17.9. The molecule has 0 aliphatic rings. The van der Waals surface area contributed by atoms with Crippen molar-refractivity contribution < 1.29 is 27.4 Å². The molecule has 4 rings (SSSR count). The SMILES string of the molecule is O=C(NCc1cccnc1)Nc1ccc(OCCc2cc(OC(F)(F)F)ccc2-c2ccccc2)cc1. The molecule has 0 unspecified atom stereocenters. The maximum absolute atomic E-state index is 12.7. The second kappa shape index (κ2) is 11.9. The molecule has 1 aromatic heterocycles. The van der Waals surface area contributed by atoms with Gasteiger partial charge in [-0.3, -0.25) is 4.98 Å². The summed E-state index contributed by atoms with van der Waals surface area (Å²) in [5.74, 6) is 0.282. The Morgan fingerprint density at radius 2 is 1.65 bits per heavy atom. The van der Waals surface area contributed by atoms with Gasteiger partial charge in [0, 0.05) is 31.0 Å². The number of carbonyl (C=O) groups is 1. The van der Waals surface area contributed by atoms with E-state index < -0.39 is 6.36 Å². The van der Waals surface area contributed by atoms with Gasteiger partial charge in [-0.05, 0) is 64.7 Å². The lowest BCUT2D eigenvalue weighted by molar-refractivity contribution is -0.274. The molecule has 0 fully saturated rings. The fourth-order valence-electron chi connectivity index (χ4n) is 3.65. The molecular weight excluding hydrogens is 483 g/mol. The molecule has 1 heterocycles. The van der Waals surface area contributed by atoms with Crippen LogP contribution in [-0.2, 0) is 13.0 Å². The van der Waals surface area contributed by atoms with Crippen molar-refractivity contribution in [2.24, 2.45) is 0 Å². The lowest BCUT2D eigenvalue weighted by Crippen LogP contribution is -2.28. The standard InChI is InChI=1S/C28H24F3N3O3/c29-28(30,31)37-25-12-13-26(21-6-2-1-3-7-21)22(17-25)14-16-36-24-10-8-23(9-11-24)34-27(35)33-19-20-5-4-15-32-18-20/h1-13,15,17-18H,14,16,19H2,(H2,33,34,35). The molecule has 190 valence electrons. The summed E-state index contributed by atoms with van der Waals surface area (Å²) in [5, 5.41) is 5.49. The molecule has 4 aromatic rings. The molecule has 6 nitrogen and oxygen atoms in total. The summed E-state index contributed by atoms with van der Waals surface area (Å²) in [7, 11) is 0. The molecule has 9 heteroatoms. The minimum absolute atomic E-state index is 0.230. The van der Waals surface area contributed by atoms with Gasteiger partial charge in [-0.25, -0.2) is 4.79 Å². The Hall–Kier alpha value is -4.53. The number of ether oxygens (including phenoxy) is 2. The van der Waals surface area contributed by atoms with Crippen LogP contribution in [0.1, 0.15) is 11.1 Å². The van der Waals surface area contributed by atoms with Gasteiger partial charge in [-0.15, -0.1) is 13.2 Å². The van der Waals surface area contributed by atoms with Crippen LogP contribution in [0.3, 0.4) is 0 Å². The van der Waals surface area contributed by atoms with E-state index in [1.807, 2.05) is 36.4 Å². The number of pyridine rings is 1. The van der Waals surface area contributed by atoms with Crippen molar-refractivity contribution in [3.63, 3.8) is 0 Å². The zero-order chi connectivity index (χ0) is 26.1. The van der Waals surface area contributed by atoms with E-state index in [4.69, 9.17) is 4.74 Å². The van der Waals surface area contributed by atoms with Gasteiger partial charge in [0.25, 0.3) is 0 Å². The van der Waals surface area contributed by atoms with Crippen LogP contribution in [0.2, 0.25) is 0 Å². The highest BCUT2D eigenvalue weighted by molar-refractivity contribution is 5.89. The molecule has 2 N–H and O–H groups in total. The number of nitrogens with one attached hydrogen (secondary N) is 2. The minimum atomic E-state index is -4.77. The summed E-state index contributed by atoms with van der Waals surface area (Å²) in [5.41, 5.74) is 3.81. The first kappa shape index (κ1) is 25.6. The topological polar surface area (TPSA) is 72.5 Å². The molecule has 0 aliphatic heterocycles. The molecule has 3 aromatic carbocycles. The van der Waals surface area contributed by atoms with Crippen molar-refractivity contribution >= 4 is 11.7 Å². The lowest BCUT2D eigenvalue weighted by Gasteiger charge is -2.15. The van der Waals surface area contributed by atoms with Gasteiger partial charge in [-0.2, -0.15) is 0 Å². The molecule has 0 spiro atoms. The van der Waals surface area contributed by atoms with E-state index in [0.29, 0.717) is 30.0 Å². The van der Waals surface area contributed by atoms with Crippen molar-refractivity contribution in [1.82, 2.24) is 10.3 Å². The number of hydrogen-bond acceptors (Lipinski definition) is 4. The van der Waals surface area contributed by atoms with E-state index in [0.717, 1.165) is 16.7 Å². The summed E-state index contributed by atoms with van der Waals surface area (Å²) in [4.78, 5) is 16.1. The van der Waals surface area contributed by atoms with Crippen LogP contribution in [0.5, 0.6) is 11.5 Å². The van der Waals surface area contributed by atoms with E-state index in [9.17, 15) is 18.0 Å². The summed E-state index contributed by atoms with van der Waals surface area (Å²) in [6.45, 7) is 0.578. The van der Waals surface area contributed by atoms with E-state index in [-0.39, 0.29) is 18.4 Å². The van der Waals surface area contributed by atoms with Crippen molar-refractivity contribution in [2.45, 2.75) is 19.3 Å². The first-order valence-electron chi connectivity index (χ1n) is 11.5. The van der Waals surface area contributed by atoms with Crippen LogP contribution in [0, 0.1) is 0 Å². The van der Waals surface area contributed by atoms with Gasteiger partial charge in [0.15, 0.2) is 0 Å². The monoisotopic (exact) mass is 507 g/mol. The van der Waals surface area contributed by atoms with E-state index in [1.165, 1.54) is 12.1 Å². The van der Waals surface area contributed by atoms with Crippen molar-refractivity contribution in [3.05, 3.63) is 108 Å². The maximum Gasteiger partial charge on any atom is 0.573 e. The van der Waals surface area contributed by atoms with Crippen molar-refractivity contribution in [3.8, 4) is 22.6 Å². The smallest absolute Gasteiger partial charge is 0.493 e. The molecule has 37 heavy (non-hydrogen) atoms. The number of anilines is 1. The third-order valence-corrected chi connectivity index (χ3v) is 5.32. The van der Waals surface area contributed by atoms with Gasteiger partial charge < -0.3 is 20.1 Å². The number of nitrogens with zero attached hydrogens (tertiary/aromatic N) is 1. The normalized spacial score (nSPS) is 11.0. The quantitative estimate of drug-likeness (QED) is 0.268. The maximum atomic E-state index is 12.7.